The molecule has 2 unspecified atom stereocenters. The normalized spacial score (nSPS) is 55.1. The van der Waals surface area contributed by atoms with Gasteiger partial charge >= 0.3 is 0 Å². The smallest absolute Gasteiger partial charge is 0.189 e. The van der Waals surface area contributed by atoms with Gasteiger partial charge in [0.1, 0.15) is 42.7 Å². The van der Waals surface area contributed by atoms with Crippen molar-refractivity contribution in [2.45, 2.75) is 117 Å². The maximum atomic E-state index is 11.1. The summed E-state index contributed by atoms with van der Waals surface area (Å²) < 4.78 is 29.2. The number of rotatable bonds is 6. The van der Waals surface area contributed by atoms with Crippen molar-refractivity contribution in [2.24, 2.45) is 22.9 Å². The van der Waals surface area contributed by atoms with Crippen molar-refractivity contribution in [3.05, 3.63) is 0 Å². The molecule has 216 valence electrons. The molecule has 3 aliphatic heterocycles. The Morgan fingerprint density at radius 3 is 2.08 bits per heavy atom. The van der Waals surface area contributed by atoms with E-state index in [0.29, 0.717) is 0 Å². The molecule has 4 rings (SSSR count). The minimum atomic E-state index is -1.54. The van der Waals surface area contributed by atoms with Gasteiger partial charge in [-0.1, -0.05) is 0 Å². The van der Waals surface area contributed by atoms with Crippen LogP contribution in [0.15, 0.2) is 0 Å². The van der Waals surface area contributed by atoms with Crippen molar-refractivity contribution < 1.29 is 54.3 Å². The highest BCUT2D eigenvalue weighted by Gasteiger charge is 2.54. The molecule has 1 saturated carbocycles. The van der Waals surface area contributed by atoms with Crippen LogP contribution in [0.25, 0.3) is 0 Å². The van der Waals surface area contributed by atoms with Gasteiger partial charge in [-0.05, 0) is 19.9 Å². The summed E-state index contributed by atoms with van der Waals surface area (Å²) in [4.78, 5) is 0. The van der Waals surface area contributed by atoms with E-state index in [-0.39, 0.29) is 12.8 Å². The Hall–Kier alpha value is -0.640. The molecule has 0 aromatic carbocycles. The maximum Gasteiger partial charge on any atom is 0.189 e. The van der Waals surface area contributed by atoms with Gasteiger partial charge in [-0.15, -0.1) is 0 Å². The van der Waals surface area contributed by atoms with Crippen molar-refractivity contribution in [2.75, 3.05) is 13.7 Å². The Morgan fingerprint density at radius 2 is 1.43 bits per heavy atom. The SMILES string of the molecule is CN[C@@H]1[C@@H](O[C@H]2O[C@H](CO)[C@@H](N)[C@H](O)[C@@H]2O)OC2C[C@@H](N)[C@@H](O[C@H]3[C@H](O)[C@H](O)[C@H](N)C[C@H]3N)OC2[C@@H]1O. The van der Waals surface area contributed by atoms with Gasteiger partial charge in [0.2, 0.25) is 0 Å². The fraction of sp³-hybridized carbons (Fsp3) is 1.00. The third-order valence-corrected chi connectivity index (χ3v) is 7.74. The highest BCUT2D eigenvalue weighted by Crippen LogP contribution is 2.35. The van der Waals surface area contributed by atoms with E-state index in [1.807, 2.05) is 0 Å². The van der Waals surface area contributed by atoms with Crippen molar-refractivity contribution in [1.82, 2.24) is 5.32 Å². The van der Waals surface area contributed by atoms with E-state index in [1.165, 1.54) is 0 Å². The van der Waals surface area contributed by atoms with Crippen LogP contribution in [0.1, 0.15) is 12.8 Å². The number of aliphatic hydroxyl groups is 6. The van der Waals surface area contributed by atoms with Gasteiger partial charge in [0, 0.05) is 12.1 Å². The summed E-state index contributed by atoms with van der Waals surface area (Å²) in [5.74, 6) is 0. The molecule has 0 aromatic rings. The third kappa shape index (κ3) is 5.66. The van der Waals surface area contributed by atoms with Crippen LogP contribution in [0.4, 0.5) is 0 Å². The van der Waals surface area contributed by atoms with Crippen molar-refractivity contribution >= 4 is 0 Å². The molecule has 0 bridgehead atoms. The van der Waals surface area contributed by atoms with E-state index in [4.69, 9.17) is 46.6 Å². The van der Waals surface area contributed by atoms with Crippen LogP contribution in [0.5, 0.6) is 0 Å². The van der Waals surface area contributed by atoms with Crippen LogP contribution >= 0.6 is 0 Å². The van der Waals surface area contributed by atoms with E-state index in [1.54, 1.807) is 7.05 Å². The molecule has 1 aliphatic carbocycles. The van der Waals surface area contributed by atoms with Crippen LogP contribution in [-0.4, -0.2) is 148 Å². The van der Waals surface area contributed by atoms with Crippen molar-refractivity contribution in [3.63, 3.8) is 0 Å². The summed E-state index contributed by atoms with van der Waals surface area (Å²) in [6.45, 7) is -0.508. The maximum absolute atomic E-state index is 11.1. The fourth-order valence-electron chi connectivity index (χ4n) is 5.46. The summed E-state index contributed by atoms with van der Waals surface area (Å²) in [7, 11) is 1.55. The minimum Gasteiger partial charge on any atom is -0.394 e. The predicted octanol–water partition coefficient (Wildman–Crippen LogP) is -6.95. The van der Waals surface area contributed by atoms with Crippen molar-refractivity contribution in [1.29, 1.82) is 0 Å². The molecule has 0 radical (unpaired) electrons. The van der Waals surface area contributed by atoms with Gasteiger partial charge in [0.25, 0.3) is 0 Å². The van der Waals surface area contributed by atoms with Gasteiger partial charge in [-0.25, -0.2) is 0 Å². The largest absolute Gasteiger partial charge is 0.394 e. The second-order valence-corrected chi connectivity index (χ2v) is 10.3. The van der Waals surface area contributed by atoms with E-state index in [9.17, 15) is 30.6 Å². The van der Waals surface area contributed by atoms with E-state index >= 15 is 0 Å². The lowest BCUT2D eigenvalue weighted by atomic mass is 9.84. The first-order chi connectivity index (χ1) is 17.5. The van der Waals surface area contributed by atoms with E-state index in [0.717, 1.165) is 0 Å². The number of nitrogens with one attached hydrogen (secondary N) is 1. The zero-order valence-electron chi connectivity index (χ0n) is 20.5. The molecule has 4 fully saturated rings. The lowest BCUT2D eigenvalue weighted by molar-refractivity contribution is -0.373. The molecule has 3 saturated heterocycles. The lowest BCUT2D eigenvalue weighted by Crippen LogP contribution is -2.70. The van der Waals surface area contributed by atoms with Gasteiger partial charge in [0.15, 0.2) is 18.9 Å². The highest BCUT2D eigenvalue weighted by molar-refractivity contribution is 5.01. The van der Waals surface area contributed by atoms with E-state index < -0.39 is 111 Å². The first kappa shape index (κ1) is 29.3. The monoisotopic (exact) mass is 539 g/mol. The van der Waals surface area contributed by atoms with Crippen LogP contribution in [0, 0.1) is 0 Å². The molecule has 16 nitrogen and oxygen atoms in total. The van der Waals surface area contributed by atoms with Crippen LogP contribution in [-0.2, 0) is 23.7 Å². The zero-order chi connectivity index (χ0) is 27.2. The molecule has 37 heavy (non-hydrogen) atoms. The lowest BCUT2D eigenvalue weighted by Gasteiger charge is -2.51. The number of hydrogen-bond acceptors (Lipinski definition) is 16. The summed E-state index contributed by atoms with van der Waals surface area (Å²) in [5, 5.41) is 64.7. The Kier molecular flexibility index (Phi) is 9.40. The Labute approximate surface area is 213 Å². The molecule has 15 N–H and O–H groups in total. The molecular formula is C21H41N5O11. The van der Waals surface area contributed by atoms with Gasteiger partial charge < -0.3 is 82.6 Å². The summed E-state index contributed by atoms with van der Waals surface area (Å²) in [6, 6.07) is -4.05. The average Bonchev–Trinajstić information content (AvgIpc) is 2.86. The number of fused-ring (bicyclic) bond motifs is 1. The third-order valence-electron chi connectivity index (χ3n) is 7.74. The minimum absolute atomic E-state index is 0.156. The molecule has 0 spiro atoms. The number of likely N-dealkylation sites (N-methyl/N-ethyl adjacent to an activating group) is 1. The van der Waals surface area contributed by atoms with Crippen LogP contribution in [0.2, 0.25) is 0 Å². The summed E-state index contributed by atoms with van der Waals surface area (Å²) in [6.07, 6.45) is -13.7. The Balaban J connectivity index is 1.43. The first-order valence-corrected chi connectivity index (χ1v) is 12.5. The molecule has 16 heteroatoms. The highest BCUT2D eigenvalue weighted by atomic mass is 16.8. The first-order valence-electron chi connectivity index (χ1n) is 12.5. The number of hydrogen-bond donors (Lipinski definition) is 11. The zero-order valence-corrected chi connectivity index (χ0v) is 20.5. The van der Waals surface area contributed by atoms with Crippen LogP contribution in [0.3, 0.4) is 0 Å². The summed E-state index contributed by atoms with van der Waals surface area (Å²) in [5.41, 5.74) is 24.0. The topological polar surface area (TPSA) is 284 Å². The van der Waals surface area contributed by atoms with Gasteiger partial charge in [-0.2, -0.15) is 0 Å². The fourth-order valence-corrected chi connectivity index (χ4v) is 5.46. The molecular weight excluding hydrogens is 498 g/mol. The second kappa shape index (κ2) is 11.8. The van der Waals surface area contributed by atoms with Crippen molar-refractivity contribution in [3.8, 4) is 0 Å². The predicted molar refractivity (Wildman–Crippen MR) is 123 cm³/mol. The molecule has 4 aliphatic rings. The standard InChI is InChI=1S/C21H41N5O11/c1-26-11-14(30)18-8(33-20(11)37-21-16(32)13(29)10(25)9(4-27)34-21)3-7(24)19(36-18)35-17-6(23)2-5(22)12(28)15(17)31/h5-21,26-32H,2-4,22-25H2,1H3/t5-,6-,7-,8?,9-,10-,11+,12-,13+,14-,15-,16+,17-,18?,19+,20-,21-/m1/s1. The van der Waals surface area contributed by atoms with Gasteiger partial charge in [-0.3, -0.25) is 0 Å². The Morgan fingerprint density at radius 1 is 0.730 bits per heavy atom. The number of nitrogens with two attached hydrogens (primary N) is 4. The number of aliphatic hydroxyl groups excluding tert-OH is 6. The quantitative estimate of drug-likeness (QED) is 0.149. The molecule has 3 heterocycles. The van der Waals surface area contributed by atoms with Gasteiger partial charge in [0.05, 0.1) is 36.9 Å². The van der Waals surface area contributed by atoms with E-state index in [2.05, 4.69) is 5.32 Å². The average molecular weight is 540 g/mol. The van der Waals surface area contributed by atoms with Crippen LogP contribution < -0.4 is 28.3 Å². The molecule has 17 atom stereocenters. The number of ether oxygens (including phenoxy) is 5. The summed E-state index contributed by atoms with van der Waals surface area (Å²) >= 11 is 0. The Bertz CT molecular complexity index is 756. The molecule has 0 aromatic heterocycles. The molecule has 0 amide bonds. The second-order valence-electron chi connectivity index (χ2n) is 10.3.